The number of rotatable bonds is 6. The molecule has 0 spiro atoms. The predicted molar refractivity (Wildman–Crippen MR) is 108 cm³/mol. The lowest BCUT2D eigenvalue weighted by molar-refractivity contribution is -0.116. The van der Waals surface area contributed by atoms with Gasteiger partial charge in [-0.2, -0.15) is 4.31 Å². The van der Waals surface area contributed by atoms with Gasteiger partial charge in [0, 0.05) is 38.2 Å². The lowest BCUT2D eigenvalue weighted by atomic mass is 10.2. The molecule has 1 fully saturated rings. The summed E-state index contributed by atoms with van der Waals surface area (Å²) in [5, 5.41) is 2.32. The van der Waals surface area contributed by atoms with Crippen LogP contribution in [-0.4, -0.2) is 36.3 Å². The van der Waals surface area contributed by atoms with Crippen LogP contribution in [0, 0.1) is 11.6 Å². The second-order valence-corrected chi connectivity index (χ2v) is 9.12. The fourth-order valence-electron chi connectivity index (χ4n) is 3.51. The first-order valence-corrected chi connectivity index (χ1v) is 11.1. The molecule has 8 nitrogen and oxygen atoms in total. The summed E-state index contributed by atoms with van der Waals surface area (Å²) < 4.78 is 59.8. The summed E-state index contributed by atoms with van der Waals surface area (Å²) in [7, 11) is -3.67. The minimum absolute atomic E-state index is 0.0346. The van der Waals surface area contributed by atoms with Gasteiger partial charge in [0.1, 0.15) is 11.6 Å². The summed E-state index contributed by atoms with van der Waals surface area (Å²) in [6.07, 6.45) is 1.42. The zero-order valence-corrected chi connectivity index (χ0v) is 17.1. The summed E-state index contributed by atoms with van der Waals surface area (Å²) >= 11 is 0. The number of aryl methyl sites for hydroxylation is 1. The first-order chi connectivity index (χ1) is 14.8. The van der Waals surface area contributed by atoms with Crippen molar-refractivity contribution >= 4 is 32.7 Å². The van der Waals surface area contributed by atoms with Crippen LogP contribution >= 0.6 is 0 Å². The van der Waals surface area contributed by atoms with Crippen molar-refractivity contribution in [2.75, 3.05) is 18.4 Å². The zero-order chi connectivity index (χ0) is 22.2. The highest BCUT2D eigenvalue weighted by Crippen LogP contribution is 2.24. The molecule has 0 bridgehead atoms. The first kappa shape index (κ1) is 21.2. The SMILES string of the molecule is O=C(CCn1c(=O)oc2cc(S(=O)(=O)N3CCCC3)ccc21)Nc1ccc(F)cc1F. The van der Waals surface area contributed by atoms with Crippen LogP contribution in [0.3, 0.4) is 0 Å². The van der Waals surface area contributed by atoms with Gasteiger partial charge in [0.25, 0.3) is 0 Å². The number of benzene rings is 2. The molecule has 1 saturated heterocycles. The van der Waals surface area contributed by atoms with Crippen LogP contribution < -0.4 is 11.1 Å². The van der Waals surface area contributed by atoms with E-state index in [0.29, 0.717) is 24.7 Å². The molecule has 11 heteroatoms. The molecule has 0 aliphatic carbocycles. The summed E-state index contributed by atoms with van der Waals surface area (Å²) in [5.41, 5.74) is 0.258. The Labute approximate surface area is 176 Å². The maximum Gasteiger partial charge on any atom is 0.419 e. The standard InChI is InChI=1S/C20H19F2N3O5S/c21-13-3-5-16(15(22)11-13)23-19(26)7-10-25-17-6-4-14(12-18(17)30-20(25)27)31(28,29)24-8-1-2-9-24/h3-6,11-12H,1-2,7-10H2,(H,23,26). The van der Waals surface area contributed by atoms with Gasteiger partial charge in [-0.1, -0.05) is 0 Å². The van der Waals surface area contributed by atoms with Crippen LogP contribution in [0.25, 0.3) is 11.1 Å². The quantitative estimate of drug-likeness (QED) is 0.621. The Bertz CT molecular complexity index is 1310. The Hall–Kier alpha value is -3.05. The van der Waals surface area contributed by atoms with Gasteiger partial charge in [0.05, 0.1) is 16.1 Å². The number of halogens is 2. The summed E-state index contributed by atoms with van der Waals surface area (Å²) in [5.74, 6) is -3.00. The molecule has 0 atom stereocenters. The van der Waals surface area contributed by atoms with Crippen LogP contribution in [0.2, 0.25) is 0 Å². The maximum absolute atomic E-state index is 13.7. The second-order valence-electron chi connectivity index (χ2n) is 7.18. The van der Waals surface area contributed by atoms with E-state index in [1.54, 1.807) is 0 Å². The Kier molecular flexibility index (Phi) is 5.63. The number of anilines is 1. The number of oxazole rings is 1. The smallest absolute Gasteiger partial charge is 0.408 e. The third-order valence-corrected chi connectivity index (χ3v) is 7.00. The number of nitrogens with zero attached hydrogens (tertiary/aromatic N) is 2. The number of amides is 1. The summed E-state index contributed by atoms with van der Waals surface area (Å²) in [6.45, 7) is 0.836. The van der Waals surface area contributed by atoms with Crippen LogP contribution in [0.4, 0.5) is 14.5 Å². The topological polar surface area (TPSA) is 102 Å². The minimum atomic E-state index is -3.67. The van der Waals surface area contributed by atoms with Crippen LogP contribution in [0.1, 0.15) is 19.3 Å². The molecule has 1 aromatic heterocycles. The van der Waals surface area contributed by atoms with Crippen molar-refractivity contribution < 1.29 is 26.4 Å². The lowest BCUT2D eigenvalue weighted by Crippen LogP contribution is -2.27. The Morgan fingerprint density at radius 2 is 1.84 bits per heavy atom. The maximum atomic E-state index is 13.7. The molecule has 0 saturated carbocycles. The predicted octanol–water partition coefficient (Wildman–Crippen LogP) is 2.69. The van der Waals surface area contributed by atoms with Crippen molar-refractivity contribution in [3.8, 4) is 0 Å². The van der Waals surface area contributed by atoms with Gasteiger partial charge < -0.3 is 9.73 Å². The largest absolute Gasteiger partial charge is 0.419 e. The first-order valence-electron chi connectivity index (χ1n) is 9.64. The van der Waals surface area contributed by atoms with Crippen molar-refractivity contribution in [2.45, 2.75) is 30.7 Å². The number of aromatic nitrogens is 1. The molecule has 1 N–H and O–H groups in total. The highest BCUT2D eigenvalue weighted by atomic mass is 32.2. The van der Waals surface area contributed by atoms with E-state index in [0.717, 1.165) is 25.0 Å². The van der Waals surface area contributed by atoms with Gasteiger partial charge in [-0.3, -0.25) is 9.36 Å². The normalized spacial score (nSPS) is 14.9. The third-order valence-electron chi connectivity index (χ3n) is 5.11. The van der Waals surface area contributed by atoms with E-state index in [-0.39, 0.29) is 29.1 Å². The molecule has 4 rings (SSSR count). The number of sulfonamides is 1. The van der Waals surface area contributed by atoms with Gasteiger partial charge in [0.15, 0.2) is 5.58 Å². The average molecular weight is 451 g/mol. The van der Waals surface area contributed by atoms with Gasteiger partial charge in [-0.25, -0.2) is 22.0 Å². The summed E-state index contributed by atoms with van der Waals surface area (Å²) in [6, 6.07) is 6.92. The number of hydrogen-bond donors (Lipinski definition) is 1. The van der Waals surface area contributed by atoms with E-state index in [9.17, 15) is 26.8 Å². The Morgan fingerprint density at radius 3 is 2.55 bits per heavy atom. The third kappa shape index (κ3) is 4.23. The molecular weight excluding hydrogens is 432 g/mol. The molecule has 1 aliphatic heterocycles. The van der Waals surface area contributed by atoms with Crippen molar-refractivity contribution in [2.24, 2.45) is 0 Å². The van der Waals surface area contributed by atoms with E-state index in [1.807, 2.05) is 0 Å². The van der Waals surface area contributed by atoms with Crippen molar-refractivity contribution in [3.05, 3.63) is 58.6 Å². The van der Waals surface area contributed by atoms with Gasteiger partial charge in [-0.15, -0.1) is 0 Å². The van der Waals surface area contributed by atoms with E-state index >= 15 is 0 Å². The average Bonchev–Trinajstić information content (AvgIpc) is 3.36. The van der Waals surface area contributed by atoms with Crippen molar-refractivity contribution in [1.82, 2.24) is 8.87 Å². The second kappa shape index (κ2) is 8.23. The highest BCUT2D eigenvalue weighted by Gasteiger charge is 2.28. The molecule has 31 heavy (non-hydrogen) atoms. The van der Waals surface area contributed by atoms with Gasteiger partial charge in [-0.05, 0) is 37.1 Å². The number of hydrogen-bond acceptors (Lipinski definition) is 5. The fourth-order valence-corrected chi connectivity index (χ4v) is 5.05. The van der Waals surface area contributed by atoms with E-state index in [4.69, 9.17) is 4.42 Å². The fraction of sp³-hybridized carbons (Fsp3) is 0.300. The van der Waals surface area contributed by atoms with Crippen molar-refractivity contribution in [1.29, 1.82) is 0 Å². The molecular formula is C20H19F2N3O5S. The number of carbonyl (C=O) groups excluding carboxylic acids is 1. The van der Waals surface area contributed by atoms with E-state index < -0.39 is 33.3 Å². The van der Waals surface area contributed by atoms with Crippen LogP contribution in [0.5, 0.6) is 0 Å². The Balaban J connectivity index is 1.51. The number of carbonyl (C=O) groups is 1. The monoisotopic (exact) mass is 451 g/mol. The molecule has 2 aromatic carbocycles. The van der Waals surface area contributed by atoms with Crippen molar-refractivity contribution in [3.63, 3.8) is 0 Å². The highest BCUT2D eigenvalue weighted by molar-refractivity contribution is 7.89. The minimum Gasteiger partial charge on any atom is -0.408 e. The molecule has 164 valence electrons. The number of nitrogens with one attached hydrogen (secondary N) is 1. The molecule has 2 heterocycles. The van der Waals surface area contributed by atoms with E-state index in [1.165, 1.54) is 27.1 Å². The van der Waals surface area contributed by atoms with Crippen LogP contribution in [-0.2, 0) is 21.4 Å². The van der Waals surface area contributed by atoms with Gasteiger partial charge >= 0.3 is 5.76 Å². The zero-order valence-electron chi connectivity index (χ0n) is 16.3. The molecule has 0 radical (unpaired) electrons. The van der Waals surface area contributed by atoms with Crippen LogP contribution in [0.15, 0.2) is 50.5 Å². The molecule has 0 unspecified atom stereocenters. The Morgan fingerprint density at radius 1 is 1.10 bits per heavy atom. The molecule has 1 amide bonds. The molecule has 3 aromatic rings. The lowest BCUT2D eigenvalue weighted by Gasteiger charge is -2.15. The number of fused-ring (bicyclic) bond motifs is 1. The summed E-state index contributed by atoms with van der Waals surface area (Å²) in [4.78, 5) is 24.4. The van der Waals surface area contributed by atoms with Gasteiger partial charge in [0.2, 0.25) is 15.9 Å². The van der Waals surface area contributed by atoms with E-state index in [2.05, 4.69) is 5.32 Å². The molecule has 1 aliphatic rings.